The molecule has 0 aromatic rings. The summed E-state index contributed by atoms with van der Waals surface area (Å²) < 4.78 is 10.8. The second-order valence-corrected chi connectivity index (χ2v) is 8.55. The molecule has 5 heteroatoms. The van der Waals surface area contributed by atoms with E-state index in [9.17, 15) is 14.4 Å². The van der Waals surface area contributed by atoms with Crippen molar-refractivity contribution in [2.45, 2.75) is 86.9 Å². The third kappa shape index (κ3) is 6.18. The highest BCUT2D eigenvalue weighted by Gasteiger charge is 2.43. The normalized spacial score (nSPS) is 25.0. The maximum atomic E-state index is 12.9. The Hall–Kier alpha value is -1.65. The van der Waals surface area contributed by atoms with Crippen molar-refractivity contribution in [1.82, 2.24) is 0 Å². The number of hydrogen-bond acceptors (Lipinski definition) is 5. The molecule has 5 nitrogen and oxygen atoms in total. The molecule has 0 unspecified atom stereocenters. The Bertz CT molecular complexity index is 594. The SMILES string of the molecule is CC[C@@H]1C(=O)O[C@@H]1[C@H](C)CC(C)=C[C@H](C)C(=O)[C@H](C)[C@@H](OC(C)=O)[C@@H](C)CC. The van der Waals surface area contributed by atoms with Crippen LogP contribution in [0.5, 0.6) is 0 Å². The molecule has 28 heavy (non-hydrogen) atoms. The summed E-state index contributed by atoms with van der Waals surface area (Å²) in [5.74, 6) is -0.616. The highest BCUT2D eigenvalue weighted by molar-refractivity contribution is 5.85. The van der Waals surface area contributed by atoms with Crippen LogP contribution >= 0.6 is 0 Å². The van der Waals surface area contributed by atoms with Gasteiger partial charge >= 0.3 is 11.9 Å². The summed E-state index contributed by atoms with van der Waals surface area (Å²) in [7, 11) is 0. The van der Waals surface area contributed by atoms with Crippen LogP contribution in [0, 0.1) is 29.6 Å². The highest BCUT2D eigenvalue weighted by atomic mass is 16.6. The summed E-state index contributed by atoms with van der Waals surface area (Å²) in [5, 5.41) is 0. The maximum absolute atomic E-state index is 12.9. The van der Waals surface area contributed by atoms with Gasteiger partial charge in [-0.25, -0.2) is 0 Å². The fourth-order valence-electron chi connectivity index (χ4n) is 4.19. The minimum absolute atomic E-state index is 0.00176. The van der Waals surface area contributed by atoms with Crippen LogP contribution in [0.25, 0.3) is 0 Å². The van der Waals surface area contributed by atoms with Crippen molar-refractivity contribution in [2.75, 3.05) is 0 Å². The average Bonchev–Trinajstić information content (AvgIpc) is 2.61. The minimum Gasteiger partial charge on any atom is -0.462 e. The number of hydrogen-bond donors (Lipinski definition) is 0. The van der Waals surface area contributed by atoms with Crippen LogP contribution in [0.15, 0.2) is 11.6 Å². The molecular formula is C23H38O5. The van der Waals surface area contributed by atoms with Crippen molar-refractivity contribution in [2.24, 2.45) is 29.6 Å². The molecule has 1 aliphatic heterocycles. The van der Waals surface area contributed by atoms with E-state index in [4.69, 9.17) is 9.47 Å². The molecule has 0 N–H and O–H groups in total. The molecule has 1 rings (SSSR count). The van der Waals surface area contributed by atoms with Gasteiger partial charge in [-0.05, 0) is 31.6 Å². The highest BCUT2D eigenvalue weighted by Crippen LogP contribution is 2.34. The van der Waals surface area contributed by atoms with Crippen molar-refractivity contribution in [3.63, 3.8) is 0 Å². The Kier molecular flexibility index (Phi) is 9.38. The maximum Gasteiger partial charge on any atom is 0.313 e. The second-order valence-electron chi connectivity index (χ2n) is 8.55. The van der Waals surface area contributed by atoms with E-state index in [0.717, 1.165) is 24.8 Å². The Morgan fingerprint density at radius 3 is 2.21 bits per heavy atom. The molecule has 0 aromatic carbocycles. The number of esters is 2. The molecule has 1 saturated heterocycles. The molecule has 0 aromatic heterocycles. The van der Waals surface area contributed by atoms with E-state index in [1.807, 2.05) is 47.6 Å². The predicted molar refractivity (Wildman–Crippen MR) is 110 cm³/mol. The van der Waals surface area contributed by atoms with E-state index in [1.54, 1.807) is 0 Å². The molecule has 160 valence electrons. The number of Topliss-reactive ketones (excluding diaryl/α,β-unsaturated/α-hetero) is 1. The molecule has 0 amide bonds. The molecule has 0 spiro atoms. The first-order valence-electron chi connectivity index (χ1n) is 10.6. The Morgan fingerprint density at radius 1 is 1.14 bits per heavy atom. The monoisotopic (exact) mass is 394 g/mol. The van der Waals surface area contributed by atoms with E-state index in [0.29, 0.717) is 0 Å². The number of ether oxygens (including phenoxy) is 2. The number of allylic oxidation sites excluding steroid dienone is 2. The van der Waals surface area contributed by atoms with Crippen LogP contribution in [0.4, 0.5) is 0 Å². The van der Waals surface area contributed by atoms with Crippen molar-refractivity contribution in [3.8, 4) is 0 Å². The van der Waals surface area contributed by atoms with Gasteiger partial charge in [0.1, 0.15) is 18.0 Å². The molecule has 1 fully saturated rings. The summed E-state index contributed by atoms with van der Waals surface area (Å²) in [6.45, 7) is 15.3. The van der Waals surface area contributed by atoms with Gasteiger partial charge in [-0.15, -0.1) is 0 Å². The summed E-state index contributed by atoms with van der Waals surface area (Å²) in [4.78, 5) is 35.9. The van der Waals surface area contributed by atoms with Crippen LogP contribution in [-0.4, -0.2) is 29.9 Å². The molecule has 1 aliphatic rings. The molecular weight excluding hydrogens is 356 g/mol. The number of cyclic esters (lactones) is 1. The summed E-state index contributed by atoms with van der Waals surface area (Å²) in [6.07, 6.45) is 4.01. The Balaban J connectivity index is 2.74. The van der Waals surface area contributed by atoms with E-state index in [1.165, 1.54) is 6.92 Å². The summed E-state index contributed by atoms with van der Waals surface area (Å²) >= 11 is 0. The zero-order chi connectivity index (χ0) is 21.6. The van der Waals surface area contributed by atoms with Gasteiger partial charge in [0.25, 0.3) is 0 Å². The van der Waals surface area contributed by atoms with Crippen molar-refractivity contribution in [3.05, 3.63) is 11.6 Å². The van der Waals surface area contributed by atoms with Gasteiger partial charge in [0.15, 0.2) is 0 Å². The van der Waals surface area contributed by atoms with E-state index in [2.05, 4.69) is 6.92 Å². The van der Waals surface area contributed by atoms with Crippen LogP contribution < -0.4 is 0 Å². The lowest BCUT2D eigenvalue weighted by atomic mass is 9.81. The first-order valence-corrected chi connectivity index (χ1v) is 10.6. The molecule has 0 bridgehead atoms. The van der Waals surface area contributed by atoms with Gasteiger partial charge in [0.05, 0.1) is 11.8 Å². The third-order valence-corrected chi connectivity index (χ3v) is 6.03. The molecule has 0 aliphatic carbocycles. The first-order chi connectivity index (χ1) is 13.0. The number of carbonyl (C=O) groups is 3. The first kappa shape index (κ1) is 24.4. The number of carbonyl (C=O) groups excluding carboxylic acids is 3. The summed E-state index contributed by atoms with van der Waals surface area (Å²) in [5.41, 5.74) is 1.12. The van der Waals surface area contributed by atoms with Gasteiger partial charge in [-0.1, -0.05) is 59.6 Å². The molecule has 7 atom stereocenters. The fraction of sp³-hybridized carbons (Fsp3) is 0.783. The zero-order valence-corrected chi connectivity index (χ0v) is 18.8. The molecule has 0 saturated carbocycles. The Morgan fingerprint density at radius 2 is 1.75 bits per heavy atom. The quantitative estimate of drug-likeness (QED) is 0.374. The van der Waals surface area contributed by atoms with Crippen LogP contribution in [0.1, 0.15) is 74.7 Å². The van der Waals surface area contributed by atoms with Gasteiger partial charge in [-0.3, -0.25) is 14.4 Å². The number of ketones is 1. The van der Waals surface area contributed by atoms with Gasteiger partial charge < -0.3 is 9.47 Å². The lowest BCUT2D eigenvalue weighted by Gasteiger charge is -2.38. The van der Waals surface area contributed by atoms with Crippen LogP contribution in [0.2, 0.25) is 0 Å². The Labute approximate surface area is 170 Å². The van der Waals surface area contributed by atoms with E-state index < -0.39 is 6.10 Å². The molecule has 0 radical (unpaired) electrons. The number of rotatable bonds is 11. The fourth-order valence-corrected chi connectivity index (χ4v) is 4.19. The average molecular weight is 395 g/mol. The standard InChI is InChI=1S/C23H38O5/c1-9-14(4)21(27-18(8)24)17(7)20(25)15(5)11-13(3)12-16(6)22-19(10-2)23(26)28-22/h11,14-17,19,21-22H,9-10,12H2,1-8H3/t14-,15-,16+,17-,19-,21-,22+/m0/s1. The summed E-state index contributed by atoms with van der Waals surface area (Å²) in [6, 6.07) is 0. The molecule has 1 heterocycles. The van der Waals surface area contributed by atoms with Crippen LogP contribution in [-0.2, 0) is 23.9 Å². The van der Waals surface area contributed by atoms with Gasteiger partial charge in [-0.2, -0.15) is 0 Å². The van der Waals surface area contributed by atoms with E-state index in [-0.39, 0.29) is 53.4 Å². The van der Waals surface area contributed by atoms with Crippen molar-refractivity contribution >= 4 is 17.7 Å². The zero-order valence-electron chi connectivity index (χ0n) is 18.8. The lowest BCUT2D eigenvalue weighted by molar-refractivity contribution is -0.191. The third-order valence-electron chi connectivity index (χ3n) is 6.03. The van der Waals surface area contributed by atoms with Gasteiger partial charge in [0.2, 0.25) is 0 Å². The largest absolute Gasteiger partial charge is 0.462 e. The predicted octanol–water partition coefficient (Wildman–Crippen LogP) is 4.73. The van der Waals surface area contributed by atoms with Crippen molar-refractivity contribution < 1.29 is 23.9 Å². The lowest BCUT2D eigenvalue weighted by Crippen LogP contribution is -2.48. The van der Waals surface area contributed by atoms with Crippen molar-refractivity contribution in [1.29, 1.82) is 0 Å². The van der Waals surface area contributed by atoms with Crippen LogP contribution in [0.3, 0.4) is 0 Å². The smallest absolute Gasteiger partial charge is 0.313 e. The second kappa shape index (κ2) is 10.8. The van der Waals surface area contributed by atoms with E-state index >= 15 is 0 Å². The van der Waals surface area contributed by atoms with Gasteiger partial charge in [0, 0.05) is 12.8 Å². The topological polar surface area (TPSA) is 69.7 Å². The minimum atomic E-state index is -0.398.